The van der Waals surface area contributed by atoms with E-state index in [0.29, 0.717) is 11.8 Å². The molecule has 1 aliphatic heterocycles. The van der Waals surface area contributed by atoms with Crippen LogP contribution in [-0.4, -0.2) is 24.5 Å². The van der Waals surface area contributed by atoms with Crippen LogP contribution in [0.25, 0.3) is 5.57 Å². The number of pyridine rings is 1. The molecule has 4 rings (SSSR count). The van der Waals surface area contributed by atoms with Crippen molar-refractivity contribution in [2.75, 3.05) is 19.5 Å². The first-order valence-corrected chi connectivity index (χ1v) is 10.1. The van der Waals surface area contributed by atoms with E-state index in [-0.39, 0.29) is 5.56 Å². The largest absolute Gasteiger partial charge is 0.381 e. The van der Waals surface area contributed by atoms with Gasteiger partial charge in [0.25, 0.3) is 5.56 Å². The van der Waals surface area contributed by atoms with Crippen LogP contribution in [0.3, 0.4) is 0 Å². The fourth-order valence-corrected chi connectivity index (χ4v) is 3.80. The highest BCUT2D eigenvalue weighted by atomic mass is 32.2. The van der Waals surface area contributed by atoms with Crippen LogP contribution in [0.5, 0.6) is 0 Å². The Kier molecular flexibility index (Phi) is 4.82. The second-order valence-corrected chi connectivity index (χ2v) is 7.74. The molecule has 25 heavy (non-hydrogen) atoms. The van der Waals surface area contributed by atoms with Gasteiger partial charge in [0.2, 0.25) is 0 Å². The maximum atomic E-state index is 12.5. The average Bonchev–Trinajstić information content (AvgIpc) is 3.35. The van der Waals surface area contributed by atoms with E-state index in [1.807, 2.05) is 6.07 Å². The Morgan fingerprint density at radius 1 is 1.16 bits per heavy atom. The van der Waals surface area contributed by atoms with Gasteiger partial charge in [0.15, 0.2) is 0 Å². The monoisotopic (exact) mass is 353 g/mol. The van der Waals surface area contributed by atoms with E-state index in [2.05, 4.69) is 47.6 Å². The summed E-state index contributed by atoms with van der Waals surface area (Å²) in [6.07, 6.45) is 7.66. The first kappa shape index (κ1) is 16.7. The Balaban J connectivity index is 1.73. The SMILES string of the molecule is CSc1ccc(C(=CC2CCOC2)c2ccc(C3CC3)c(=O)[nH]2)cc1. The lowest BCUT2D eigenvalue weighted by molar-refractivity contribution is 0.191. The van der Waals surface area contributed by atoms with Crippen molar-refractivity contribution < 1.29 is 4.74 Å². The second-order valence-electron chi connectivity index (χ2n) is 6.86. The molecule has 1 aromatic heterocycles. The standard InChI is InChI=1S/C21H23NO2S/c1-25-17-6-4-16(5-7-17)19(12-14-10-11-24-13-14)20-9-8-18(15-2-3-15)21(23)22-20/h4-9,12,14-15H,2-3,10-11,13H2,1H3,(H,22,23). The third-order valence-corrected chi connectivity index (χ3v) is 5.76. The van der Waals surface area contributed by atoms with Crippen LogP contribution in [0.4, 0.5) is 0 Å². The number of hydrogen-bond donors (Lipinski definition) is 1. The summed E-state index contributed by atoms with van der Waals surface area (Å²) in [7, 11) is 0. The third kappa shape index (κ3) is 3.75. The van der Waals surface area contributed by atoms with E-state index in [9.17, 15) is 4.79 Å². The van der Waals surface area contributed by atoms with Gasteiger partial charge in [0, 0.05) is 34.3 Å². The molecule has 1 saturated heterocycles. The number of ether oxygens (including phenoxy) is 1. The summed E-state index contributed by atoms with van der Waals surface area (Å²) in [5, 5.41) is 0. The second kappa shape index (κ2) is 7.22. The molecule has 1 unspecified atom stereocenters. The molecule has 0 amide bonds. The molecule has 1 aliphatic carbocycles. The minimum absolute atomic E-state index is 0.0642. The molecule has 0 bridgehead atoms. The highest BCUT2D eigenvalue weighted by molar-refractivity contribution is 7.98. The summed E-state index contributed by atoms with van der Waals surface area (Å²) >= 11 is 1.74. The van der Waals surface area contributed by atoms with Gasteiger partial charge >= 0.3 is 0 Å². The Bertz CT molecular complexity index is 828. The predicted molar refractivity (Wildman–Crippen MR) is 103 cm³/mol. The highest BCUT2D eigenvalue weighted by Crippen LogP contribution is 2.38. The van der Waals surface area contributed by atoms with Gasteiger partial charge < -0.3 is 9.72 Å². The van der Waals surface area contributed by atoms with E-state index in [1.165, 1.54) is 4.90 Å². The number of benzene rings is 1. The van der Waals surface area contributed by atoms with Crippen molar-refractivity contribution >= 4 is 17.3 Å². The fraction of sp³-hybridized carbons (Fsp3) is 0.381. The number of nitrogens with one attached hydrogen (secondary N) is 1. The summed E-state index contributed by atoms with van der Waals surface area (Å²) < 4.78 is 5.53. The van der Waals surface area contributed by atoms with Crippen molar-refractivity contribution in [2.45, 2.75) is 30.1 Å². The van der Waals surface area contributed by atoms with E-state index in [4.69, 9.17) is 4.74 Å². The lowest BCUT2D eigenvalue weighted by Gasteiger charge is -2.12. The maximum absolute atomic E-state index is 12.5. The van der Waals surface area contributed by atoms with E-state index >= 15 is 0 Å². The summed E-state index contributed by atoms with van der Waals surface area (Å²) in [6.45, 7) is 1.58. The van der Waals surface area contributed by atoms with E-state index in [1.54, 1.807) is 11.8 Å². The molecular weight excluding hydrogens is 330 g/mol. The molecule has 1 atom stereocenters. The summed E-state index contributed by atoms with van der Waals surface area (Å²) in [4.78, 5) is 16.9. The fourth-order valence-electron chi connectivity index (χ4n) is 3.39. The Labute approximate surface area is 152 Å². The average molecular weight is 353 g/mol. The van der Waals surface area contributed by atoms with Crippen LogP contribution in [0.2, 0.25) is 0 Å². The van der Waals surface area contributed by atoms with Crippen molar-refractivity contribution in [3.05, 3.63) is 69.6 Å². The molecule has 0 spiro atoms. The minimum Gasteiger partial charge on any atom is -0.381 e. The molecule has 1 N–H and O–H groups in total. The number of aromatic amines is 1. The van der Waals surface area contributed by atoms with Crippen molar-refractivity contribution in [1.82, 2.24) is 4.98 Å². The zero-order valence-electron chi connectivity index (χ0n) is 14.5. The summed E-state index contributed by atoms with van der Waals surface area (Å²) in [5.74, 6) is 0.871. The van der Waals surface area contributed by atoms with Gasteiger partial charge in [-0.15, -0.1) is 11.8 Å². The van der Waals surface area contributed by atoms with Crippen molar-refractivity contribution in [3.8, 4) is 0 Å². The van der Waals surface area contributed by atoms with Gasteiger partial charge in [-0.25, -0.2) is 0 Å². The topological polar surface area (TPSA) is 42.1 Å². The molecule has 1 aromatic carbocycles. The molecule has 2 aliphatic rings. The Hall–Kier alpha value is -1.78. The molecule has 2 aromatic rings. The molecule has 2 heterocycles. The number of thioether (sulfide) groups is 1. The van der Waals surface area contributed by atoms with Crippen LogP contribution in [0, 0.1) is 5.92 Å². The van der Waals surface area contributed by atoms with E-state index < -0.39 is 0 Å². The van der Waals surface area contributed by atoms with Crippen LogP contribution < -0.4 is 5.56 Å². The van der Waals surface area contributed by atoms with Gasteiger partial charge in [0.1, 0.15) is 0 Å². The van der Waals surface area contributed by atoms with Crippen LogP contribution in [0.15, 0.2) is 52.2 Å². The van der Waals surface area contributed by atoms with Gasteiger partial charge in [-0.1, -0.05) is 24.3 Å². The molecule has 2 fully saturated rings. The third-order valence-electron chi connectivity index (χ3n) is 5.02. The van der Waals surface area contributed by atoms with Crippen LogP contribution >= 0.6 is 11.8 Å². The Morgan fingerprint density at radius 2 is 1.96 bits per heavy atom. The smallest absolute Gasteiger partial charge is 0.251 e. The first-order valence-electron chi connectivity index (χ1n) is 8.92. The van der Waals surface area contributed by atoms with E-state index in [0.717, 1.165) is 54.9 Å². The Morgan fingerprint density at radius 3 is 2.56 bits per heavy atom. The molecule has 130 valence electrons. The van der Waals surface area contributed by atoms with Crippen molar-refractivity contribution in [1.29, 1.82) is 0 Å². The van der Waals surface area contributed by atoms with Crippen molar-refractivity contribution in [2.24, 2.45) is 5.92 Å². The number of H-pyrrole nitrogens is 1. The maximum Gasteiger partial charge on any atom is 0.251 e. The molecule has 0 radical (unpaired) electrons. The number of aromatic nitrogens is 1. The molecular formula is C21H23NO2S. The zero-order chi connectivity index (χ0) is 17.2. The van der Waals surface area contributed by atoms with Crippen molar-refractivity contribution in [3.63, 3.8) is 0 Å². The van der Waals surface area contributed by atoms with Gasteiger partial charge in [-0.3, -0.25) is 4.79 Å². The van der Waals surface area contributed by atoms with Crippen LogP contribution in [0.1, 0.15) is 42.0 Å². The summed E-state index contributed by atoms with van der Waals surface area (Å²) in [5.41, 5.74) is 4.14. The van der Waals surface area contributed by atoms with Crippen LogP contribution in [-0.2, 0) is 4.74 Å². The lowest BCUT2D eigenvalue weighted by Crippen LogP contribution is -2.13. The first-order chi connectivity index (χ1) is 12.2. The summed E-state index contributed by atoms with van der Waals surface area (Å²) in [6, 6.07) is 12.6. The zero-order valence-corrected chi connectivity index (χ0v) is 15.3. The quantitative estimate of drug-likeness (QED) is 0.808. The molecule has 3 nitrogen and oxygen atoms in total. The molecule has 4 heteroatoms. The number of hydrogen-bond acceptors (Lipinski definition) is 3. The normalized spacial score (nSPS) is 20.8. The number of rotatable bonds is 5. The molecule has 1 saturated carbocycles. The minimum atomic E-state index is 0.0642. The predicted octanol–water partition coefficient (Wildman–Crippen LogP) is 4.44. The van der Waals surface area contributed by atoms with Gasteiger partial charge in [0.05, 0.1) is 6.61 Å². The highest BCUT2D eigenvalue weighted by Gasteiger charge is 2.26. The lowest BCUT2D eigenvalue weighted by atomic mass is 9.96. The van der Waals surface area contributed by atoms with Gasteiger partial charge in [-0.2, -0.15) is 0 Å². The van der Waals surface area contributed by atoms with Gasteiger partial charge in [-0.05, 0) is 55.2 Å².